The number of pyridine rings is 1. The number of benzene rings is 2. The van der Waals surface area contributed by atoms with Crippen LogP contribution in [0, 0.1) is 24.1 Å². The Kier molecular flexibility index (Phi) is 10.9. The zero-order chi connectivity index (χ0) is 46.1. The molecule has 3 saturated heterocycles. The summed E-state index contributed by atoms with van der Waals surface area (Å²) in [5.41, 5.74) is 10.4. The Morgan fingerprint density at radius 3 is 2.30 bits per heavy atom. The van der Waals surface area contributed by atoms with E-state index in [0.29, 0.717) is 38.4 Å². The molecule has 0 bridgehead atoms. The van der Waals surface area contributed by atoms with Gasteiger partial charge in [0.15, 0.2) is 5.82 Å². The van der Waals surface area contributed by atoms with E-state index in [1.54, 1.807) is 11.2 Å². The van der Waals surface area contributed by atoms with Crippen molar-refractivity contribution < 1.29 is 18.8 Å². The van der Waals surface area contributed by atoms with Crippen LogP contribution in [0.2, 0.25) is 0 Å². The van der Waals surface area contributed by atoms with Gasteiger partial charge in [-0.2, -0.15) is 0 Å². The van der Waals surface area contributed by atoms with Crippen molar-refractivity contribution in [2.24, 2.45) is 11.3 Å². The number of hydrogen-bond acceptors (Lipinski definition) is 9. The lowest BCUT2D eigenvalue weighted by atomic mass is 9.90. The topological polar surface area (TPSA) is 139 Å². The van der Waals surface area contributed by atoms with Crippen LogP contribution >= 0.6 is 0 Å². The number of amides is 4. The van der Waals surface area contributed by atoms with Crippen LogP contribution in [0.4, 0.5) is 26.4 Å². The number of carbonyl (C=O) groups excluding carboxylic acids is 3. The summed E-state index contributed by atoms with van der Waals surface area (Å²) in [7, 11) is 0. The standard InChI is InChI=1S/C52H58FN11O3/c1-32-25-35(5-11-39(32)33(2)62-23-24-64-43-28-52(3,4)27-41(43)46(53)48(64)50(62)66)47-40-26-42(57-49(40)56-31-55-47)36-6-12-44(54-29-36)61-21-19-59(20-22-61)30-34-13-16-60(17-14-34)37-7-9-38(10-8-37)63-18-15-45(65)58-51(63)67/h5-12,25-26,29,31,33-34H,13-24,27-28,30H2,1-4H3,(H,55,56,57)(H,58,65,67). The van der Waals surface area contributed by atoms with Gasteiger partial charge in [-0.3, -0.25) is 24.7 Å². The number of piperazine rings is 1. The van der Waals surface area contributed by atoms with Gasteiger partial charge in [0.25, 0.3) is 5.91 Å². The highest BCUT2D eigenvalue weighted by Gasteiger charge is 2.42. The molecule has 0 radical (unpaired) electrons. The second kappa shape index (κ2) is 16.9. The molecule has 15 heteroatoms. The first-order chi connectivity index (χ1) is 32.4. The number of carbonyl (C=O) groups is 3. The molecule has 1 unspecified atom stereocenters. The fraction of sp³-hybridized carbons (Fsp3) is 0.423. The van der Waals surface area contributed by atoms with Gasteiger partial charge < -0.3 is 24.3 Å². The minimum absolute atomic E-state index is 0.0157. The number of fused-ring (bicyclic) bond motifs is 4. The molecule has 1 atom stereocenters. The lowest BCUT2D eigenvalue weighted by Crippen LogP contribution is -2.49. The normalized spacial score (nSPS) is 19.6. The Bertz CT molecular complexity index is 2890. The number of H-pyrrole nitrogens is 1. The Hall–Kier alpha value is -6.61. The maximum absolute atomic E-state index is 15.8. The number of halogens is 1. The van der Waals surface area contributed by atoms with Crippen molar-refractivity contribution in [1.82, 2.24) is 39.6 Å². The van der Waals surface area contributed by atoms with Gasteiger partial charge >= 0.3 is 6.03 Å². The lowest BCUT2D eigenvalue weighted by molar-refractivity contribution is -0.120. The van der Waals surface area contributed by atoms with E-state index < -0.39 is 0 Å². The van der Waals surface area contributed by atoms with Crippen molar-refractivity contribution in [3.63, 3.8) is 0 Å². The molecular weight excluding hydrogens is 846 g/mol. The van der Waals surface area contributed by atoms with Gasteiger partial charge in [0.05, 0.1) is 11.7 Å². The number of nitrogens with one attached hydrogen (secondary N) is 2. The monoisotopic (exact) mass is 903 g/mol. The number of anilines is 3. The predicted octanol–water partition coefficient (Wildman–Crippen LogP) is 7.76. The molecule has 8 heterocycles. The molecule has 2 N–H and O–H groups in total. The molecule has 1 aliphatic carbocycles. The van der Waals surface area contributed by atoms with E-state index >= 15 is 4.39 Å². The van der Waals surface area contributed by atoms with Crippen molar-refractivity contribution >= 4 is 46.1 Å². The third-order valence-electron chi connectivity index (χ3n) is 15.1. The Morgan fingerprint density at radius 1 is 0.806 bits per heavy atom. The fourth-order valence-electron chi connectivity index (χ4n) is 11.4. The smallest absolute Gasteiger partial charge is 0.328 e. The summed E-state index contributed by atoms with van der Waals surface area (Å²) in [5, 5.41) is 3.32. The van der Waals surface area contributed by atoms with Gasteiger partial charge in [0.2, 0.25) is 5.91 Å². The zero-order valence-corrected chi connectivity index (χ0v) is 38.8. The first-order valence-corrected chi connectivity index (χ1v) is 23.9. The number of aryl methyl sites for hydroxylation is 1. The van der Waals surface area contributed by atoms with E-state index in [-0.39, 0.29) is 40.8 Å². The van der Waals surface area contributed by atoms with E-state index in [1.165, 1.54) is 5.69 Å². The number of aromatic nitrogens is 5. The highest BCUT2D eigenvalue weighted by atomic mass is 19.1. The first kappa shape index (κ1) is 43.0. The number of piperidine rings is 1. The van der Waals surface area contributed by atoms with Crippen LogP contribution in [0.15, 0.2) is 73.2 Å². The van der Waals surface area contributed by atoms with Gasteiger partial charge in [0.1, 0.15) is 23.5 Å². The molecule has 11 rings (SSSR count). The van der Waals surface area contributed by atoms with E-state index in [2.05, 4.69) is 99.3 Å². The fourth-order valence-corrected chi connectivity index (χ4v) is 11.4. The molecule has 4 aromatic heterocycles. The number of rotatable bonds is 9. The number of nitrogens with zero attached hydrogens (tertiary/aromatic N) is 9. The van der Waals surface area contributed by atoms with Crippen molar-refractivity contribution in [3.8, 4) is 22.5 Å². The molecule has 346 valence electrons. The minimum Gasteiger partial charge on any atom is -0.372 e. The third-order valence-corrected chi connectivity index (χ3v) is 15.1. The van der Waals surface area contributed by atoms with E-state index in [0.717, 1.165) is 133 Å². The molecule has 4 amide bonds. The first-order valence-electron chi connectivity index (χ1n) is 23.9. The average molecular weight is 904 g/mol. The van der Waals surface area contributed by atoms with Crippen LogP contribution in [0.1, 0.15) is 78.9 Å². The summed E-state index contributed by atoms with van der Waals surface area (Å²) in [5.74, 6) is 0.863. The summed E-state index contributed by atoms with van der Waals surface area (Å²) in [4.78, 5) is 66.3. The second-order valence-corrected chi connectivity index (χ2v) is 20.1. The molecule has 14 nitrogen and oxygen atoms in total. The maximum atomic E-state index is 15.8. The van der Waals surface area contributed by atoms with Crippen LogP contribution in [-0.2, 0) is 24.2 Å². The largest absolute Gasteiger partial charge is 0.372 e. The van der Waals surface area contributed by atoms with Gasteiger partial charge in [-0.15, -0.1) is 0 Å². The van der Waals surface area contributed by atoms with Crippen LogP contribution in [-0.4, -0.2) is 111 Å². The molecule has 4 aliphatic heterocycles. The molecule has 3 fully saturated rings. The average Bonchev–Trinajstić information content (AvgIpc) is 3.99. The van der Waals surface area contributed by atoms with Crippen LogP contribution in [0.5, 0.6) is 0 Å². The minimum atomic E-state index is -0.353. The second-order valence-electron chi connectivity index (χ2n) is 20.1. The van der Waals surface area contributed by atoms with Crippen LogP contribution in [0.25, 0.3) is 33.5 Å². The summed E-state index contributed by atoms with van der Waals surface area (Å²) >= 11 is 0. The summed E-state index contributed by atoms with van der Waals surface area (Å²) in [6, 6.07) is 20.2. The van der Waals surface area contributed by atoms with E-state index in [4.69, 9.17) is 9.97 Å². The van der Waals surface area contributed by atoms with Gasteiger partial charge in [-0.25, -0.2) is 24.1 Å². The molecule has 6 aromatic rings. The van der Waals surface area contributed by atoms with Gasteiger partial charge in [0, 0.05) is 123 Å². The van der Waals surface area contributed by atoms with Crippen molar-refractivity contribution in [3.05, 3.63) is 107 Å². The molecule has 0 saturated carbocycles. The maximum Gasteiger partial charge on any atom is 0.328 e. The van der Waals surface area contributed by atoms with Crippen molar-refractivity contribution in [2.75, 3.05) is 73.6 Å². The lowest BCUT2D eigenvalue weighted by Gasteiger charge is -2.39. The number of imide groups is 1. The summed E-state index contributed by atoms with van der Waals surface area (Å²) in [6.45, 7) is 17.0. The van der Waals surface area contributed by atoms with Crippen LogP contribution in [0.3, 0.4) is 0 Å². The van der Waals surface area contributed by atoms with E-state index in [9.17, 15) is 14.4 Å². The Morgan fingerprint density at radius 2 is 1.57 bits per heavy atom. The highest BCUT2D eigenvalue weighted by molar-refractivity contribution is 6.05. The van der Waals surface area contributed by atoms with E-state index in [1.807, 2.05) is 34.7 Å². The number of aromatic amines is 1. The summed E-state index contributed by atoms with van der Waals surface area (Å²) < 4.78 is 17.7. The van der Waals surface area contributed by atoms with Crippen molar-refractivity contribution in [1.29, 1.82) is 0 Å². The highest BCUT2D eigenvalue weighted by Crippen LogP contribution is 2.42. The number of urea groups is 1. The van der Waals surface area contributed by atoms with Crippen LogP contribution < -0.4 is 20.0 Å². The summed E-state index contributed by atoms with van der Waals surface area (Å²) in [6.07, 6.45) is 7.61. The van der Waals surface area contributed by atoms with Gasteiger partial charge in [-0.05, 0) is 111 Å². The van der Waals surface area contributed by atoms with Gasteiger partial charge in [-0.1, -0.05) is 26.0 Å². The Labute approximate surface area is 390 Å². The predicted molar refractivity (Wildman–Crippen MR) is 258 cm³/mol. The molecule has 2 aromatic carbocycles. The number of hydrogen-bond donors (Lipinski definition) is 2. The molecule has 5 aliphatic rings. The third kappa shape index (κ3) is 8.00. The zero-order valence-electron chi connectivity index (χ0n) is 38.8. The Balaban J connectivity index is 0.690. The molecular formula is C52H58FN11O3. The molecule has 0 spiro atoms. The van der Waals surface area contributed by atoms with Crippen molar-refractivity contribution in [2.45, 2.75) is 72.4 Å². The SMILES string of the molecule is Cc1cc(-c2ncnc3[nH]c(-c4ccc(N5CCN(CC6CCN(c7ccc(N8CCC(=O)NC8=O)cc7)CC6)CC5)nc4)cc23)ccc1C(C)N1CCn2c3c(c(F)c2C1=O)CC(C)(C)C3. The quantitative estimate of drug-likeness (QED) is 0.149. The molecule has 67 heavy (non-hydrogen) atoms.